The van der Waals surface area contributed by atoms with Gasteiger partial charge in [0.15, 0.2) is 5.82 Å². The maximum atomic E-state index is 4.31. The van der Waals surface area contributed by atoms with Crippen molar-refractivity contribution in [2.75, 3.05) is 18.4 Å². The number of benzene rings is 1. The molecule has 4 heteroatoms. The van der Waals surface area contributed by atoms with Crippen molar-refractivity contribution >= 4 is 16.6 Å². The van der Waals surface area contributed by atoms with E-state index in [0.717, 1.165) is 17.2 Å². The minimum atomic E-state index is 0.537. The van der Waals surface area contributed by atoms with E-state index in [2.05, 4.69) is 38.6 Å². The molecular weight excluding hydrogens is 248 g/mol. The highest BCUT2D eigenvalue weighted by molar-refractivity contribution is 5.90. The van der Waals surface area contributed by atoms with Gasteiger partial charge >= 0.3 is 0 Å². The molecular formula is C16H20N4. The summed E-state index contributed by atoms with van der Waals surface area (Å²) in [4.78, 5) is 2.65. The third-order valence-corrected chi connectivity index (χ3v) is 4.73. The molecule has 0 aliphatic carbocycles. The van der Waals surface area contributed by atoms with Crippen LogP contribution in [0.4, 0.5) is 5.82 Å². The van der Waals surface area contributed by atoms with Crippen molar-refractivity contribution in [2.24, 2.45) is 0 Å². The van der Waals surface area contributed by atoms with Crippen molar-refractivity contribution in [1.29, 1.82) is 0 Å². The highest BCUT2D eigenvalue weighted by Crippen LogP contribution is 2.29. The van der Waals surface area contributed by atoms with E-state index in [9.17, 15) is 0 Å². The molecule has 2 unspecified atom stereocenters. The molecule has 2 aliphatic heterocycles. The van der Waals surface area contributed by atoms with E-state index in [1.54, 1.807) is 0 Å². The van der Waals surface area contributed by atoms with Crippen LogP contribution >= 0.6 is 0 Å². The molecule has 2 fully saturated rings. The predicted molar refractivity (Wildman–Crippen MR) is 80.8 cm³/mol. The van der Waals surface area contributed by atoms with Crippen molar-refractivity contribution in [2.45, 2.75) is 37.8 Å². The molecule has 2 saturated heterocycles. The number of anilines is 1. The van der Waals surface area contributed by atoms with E-state index >= 15 is 0 Å². The topological polar surface area (TPSA) is 41.0 Å². The Morgan fingerprint density at radius 3 is 3.10 bits per heavy atom. The van der Waals surface area contributed by atoms with Gasteiger partial charge < -0.3 is 10.2 Å². The van der Waals surface area contributed by atoms with Crippen LogP contribution in [0.3, 0.4) is 0 Å². The maximum Gasteiger partial charge on any atom is 0.156 e. The van der Waals surface area contributed by atoms with Gasteiger partial charge in [-0.1, -0.05) is 24.3 Å². The molecule has 2 aromatic rings. The van der Waals surface area contributed by atoms with E-state index in [-0.39, 0.29) is 0 Å². The van der Waals surface area contributed by atoms with Crippen LogP contribution in [-0.2, 0) is 0 Å². The lowest BCUT2D eigenvalue weighted by Crippen LogP contribution is -2.42. The fraction of sp³-hybridized carbons (Fsp3) is 0.500. The Labute approximate surface area is 119 Å². The third kappa shape index (κ3) is 2.14. The first-order valence-electron chi connectivity index (χ1n) is 7.61. The second-order valence-corrected chi connectivity index (χ2v) is 5.98. The van der Waals surface area contributed by atoms with Gasteiger partial charge in [0.25, 0.3) is 0 Å². The summed E-state index contributed by atoms with van der Waals surface area (Å²) in [7, 11) is 0. The van der Waals surface area contributed by atoms with E-state index in [4.69, 9.17) is 0 Å². The molecule has 0 amide bonds. The van der Waals surface area contributed by atoms with Crippen molar-refractivity contribution in [3.63, 3.8) is 0 Å². The lowest BCUT2D eigenvalue weighted by molar-refractivity contribution is 0.188. The monoisotopic (exact) mass is 268 g/mol. The van der Waals surface area contributed by atoms with Crippen LogP contribution in [0.2, 0.25) is 0 Å². The average molecular weight is 268 g/mol. The Bertz CT molecular complexity index is 607. The molecule has 1 N–H and O–H groups in total. The molecule has 0 spiro atoms. The van der Waals surface area contributed by atoms with Gasteiger partial charge in [0, 0.05) is 29.4 Å². The zero-order valence-corrected chi connectivity index (χ0v) is 11.6. The molecule has 20 heavy (non-hydrogen) atoms. The van der Waals surface area contributed by atoms with Gasteiger partial charge in [-0.3, -0.25) is 0 Å². The number of piperidine rings is 1. The summed E-state index contributed by atoms with van der Waals surface area (Å²) in [6.07, 6.45) is 7.01. The summed E-state index contributed by atoms with van der Waals surface area (Å²) in [5, 5.41) is 14.4. The van der Waals surface area contributed by atoms with E-state index in [1.807, 2.05) is 12.3 Å². The molecule has 4 rings (SSSR count). The summed E-state index contributed by atoms with van der Waals surface area (Å²) in [6, 6.07) is 9.64. The fourth-order valence-corrected chi connectivity index (χ4v) is 3.68. The van der Waals surface area contributed by atoms with E-state index < -0.39 is 0 Å². The summed E-state index contributed by atoms with van der Waals surface area (Å²) in [5.74, 6) is 0.944. The molecule has 1 aromatic carbocycles. The van der Waals surface area contributed by atoms with Crippen molar-refractivity contribution in [3.05, 3.63) is 30.5 Å². The quantitative estimate of drug-likeness (QED) is 0.909. The summed E-state index contributed by atoms with van der Waals surface area (Å²) in [5.41, 5.74) is 0. The summed E-state index contributed by atoms with van der Waals surface area (Å²) < 4.78 is 0. The standard InChI is InChI=1S/C16H20N4/c1-2-6-15-12(4-1)11-17-19-16(15)18-13-7-9-20-8-3-5-14(20)10-13/h1-2,4,6,11,13-14H,3,5,7-10H2,(H,18,19). The van der Waals surface area contributed by atoms with Crippen LogP contribution in [0.1, 0.15) is 25.7 Å². The number of fused-ring (bicyclic) bond motifs is 2. The number of hydrogen-bond acceptors (Lipinski definition) is 4. The van der Waals surface area contributed by atoms with Crippen molar-refractivity contribution in [3.8, 4) is 0 Å². The lowest BCUT2D eigenvalue weighted by atomic mass is 9.97. The van der Waals surface area contributed by atoms with Gasteiger partial charge in [0.2, 0.25) is 0 Å². The molecule has 0 radical (unpaired) electrons. The molecule has 1 aromatic heterocycles. The fourth-order valence-electron chi connectivity index (χ4n) is 3.68. The first-order chi connectivity index (χ1) is 9.90. The van der Waals surface area contributed by atoms with Crippen LogP contribution in [0, 0.1) is 0 Å². The van der Waals surface area contributed by atoms with Crippen LogP contribution in [0.15, 0.2) is 30.5 Å². The Morgan fingerprint density at radius 2 is 2.10 bits per heavy atom. The highest BCUT2D eigenvalue weighted by Gasteiger charge is 2.31. The third-order valence-electron chi connectivity index (χ3n) is 4.73. The van der Waals surface area contributed by atoms with Gasteiger partial charge in [-0.25, -0.2) is 0 Å². The molecule has 2 aliphatic rings. The number of aromatic nitrogens is 2. The number of nitrogens with zero attached hydrogens (tertiary/aromatic N) is 3. The Hall–Kier alpha value is -1.68. The zero-order valence-electron chi connectivity index (χ0n) is 11.6. The number of hydrogen-bond donors (Lipinski definition) is 1. The Kier molecular flexibility index (Phi) is 3.03. The predicted octanol–water partition coefficient (Wildman–Crippen LogP) is 2.67. The number of nitrogens with one attached hydrogen (secondary N) is 1. The first kappa shape index (κ1) is 12.1. The smallest absolute Gasteiger partial charge is 0.156 e. The van der Waals surface area contributed by atoms with Gasteiger partial charge in [-0.05, 0) is 32.2 Å². The van der Waals surface area contributed by atoms with Crippen molar-refractivity contribution < 1.29 is 0 Å². The van der Waals surface area contributed by atoms with Gasteiger partial charge in [-0.2, -0.15) is 5.10 Å². The lowest BCUT2D eigenvalue weighted by Gasteiger charge is -2.35. The summed E-state index contributed by atoms with van der Waals surface area (Å²) >= 11 is 0. The van der Waals surface area contributed by atoms with Gasteiger partial charge in [-0.15, -0.1) is 5.10 Å². The maximum absolute atomic E-state index is 4.31. The van der Waals surface area contributed by atoms with E-state index in [0.29, 0.717) is 6.04 Å². The van der Waals surface area contributed by atoms with Crippen LogP contribution in [0.25, 0.3) is 10.8 Å². The van der Waals surface area contributed by atoms with E-state index in [1.165, 1.54) is 44.2 Å². The molecule has 3 heterocycles. The normalized spacial score (nSPS) is 26.6. The minimum Gasteiger partial charge on any atom is -0.365 e. The number of rotatable bonds is 2. The second-order valence-electron chi connectivity index (χ2n) is 5.98. The largest absolute Gasteiger partial charge is 0.365 e. The van der Waals surface area contributed by atoms with Gasteiger partial charge in [0.05, 0.1) is 6.20 Å². The molecule has 2 atom stereocenters. The average Bonchev–Trinajstić information content (AvgIpc) is 2.95. The Balaban J connectivity index is 1.56. The molecule has 0 bridgehead atoms. The first-order valence-corrected chi connectivity index (χ1v) is 7.61. The van der Waals surface area contributed by atoms with Crippen LogP contribution in [-0.4, -0.2) is 40.3 Å². The molecule has 104 valence electrons. The van der Waals surface area contributed by atoms with Crippen molar-refractivity contribution in [1.82, 2.24) is 15.1 Å². The zero-order chi connectivity index (χ0) is 13.4. The molecule has 0 saturated carbocycles. The van der Waals surface area contributed by atoms with Gasteiger partial charge in [0.1, 0.15) is 0 Å². The highest BCUT2D eigenvalue weighted by atomic mass is 15.2. The van der Waals surface area contributed by atoms with Crippen LogP contribution < -0.4 is 5.32 Å². The summed E-state index contributed by atoms with van der Waals surface area (Å²) in [6.45, 7) is 2.52. The minimum absolute atomic E-state index is 0.537. The SMILES string of the molecule is c1ccc2c(NC3CCN4CCCC4C3)nncc2c1. The Morgan fingerprint density at radius 1 is 1.15 bits per heavy atom. The van der Waals surface area contributed by atoms with Crippen LogP contribution in [0.5, 0.6) is 0 Å². The second kappa shape index (κ2) is 5.02. The molecule has 4 nitrogen and oxygen atoms in total.